The number of rotatable bonds is 4. The van der Waals surface area contributed by atoms with Crippen LogP contribution in [0.2, 0.25) is 0 Å². The van der Waals surface area contributed by atoms with Crippen LogP contribution in [0.15, 0.2) is 36.5 Å². The lowest BCUT2D eigenvalue weighted by Crippen LogP contribution is -2.06. The van der Waals surface area contributed by atoms with Crippen LogP contribution in [0, 0.1) is 0 Å². The molecule has 1 aromatic heterocycles. The highest BCUT2D eigenvalue weighted by molar-refractivity contribution is 5.43. The van der Waals surface area contributed by atoms with E-state index >= 15 is 0 Å². The van der Waals surface area contributed by atoms with Gasteiger partial charge in [-0.05, 0) is 18.2 Å². The maximum absolute atomic E-state index is 5.65. The van der Waals surface area contributed by atoms with Gasteiger partial charge in [0.1, 0.15) is 5.75 Å². The van der Waals surface area contributed by atoms with Gasteiger partial charge >= 0.3 is 0 Å². The molecule has 0 unspecified atom stereocenters. The molecule has 0 aliphatic carbocycles. The van der Waals surface area contributed by atoms with Crippen molar-refractivity contribution in [2.45, 2.75) is 6.42 Å². The lowest BCUT2D eigenvalue weighted by Gasteiger charge is -2.06. The van der Waals surface area contributed by atoms with Crippen molar-refractivity contribution in [1.82, 2.24) is 9.78 Å². The number of anilines is 1. The fourth-order valence-corrected chi connectivity index (χ4v) is 1.52. The summed E-state index contributed by atoms with van der Waals surface area (Å²) in [5.41, 5.74) is 7.53. The molecule has 0 aliphatic rings. The first kappa shape index (κ1) is 10.5. The molecule has 0 radical (unpaired) electrons. The van der Waals surface area contributed by atoms with Crippen LogP contribution >= 0.6 is 0 Å². The number of hydrogen-bond donors (Lipinski definition) is 1. The Morgan fingerprint density at radius 1 is 1.38 bits per heavy atom. The predicted molar refractivity (Wildman–Crippen MR) is 63.3 cm³/mol. The summed E-state index contributed by atoms with van der Waals surface area (Å²) < 4.78 is 7.44. The molecule has 84 valence electrons. The Hall–Kier alpha value is -1.97. The smallest absolute Gasteiger partial charge is 0.121 e. The summed E-state index contributed by atoms with van der Waals surface area (Å²) >= 11 is 0. The van der Waals surface area contributed by atoms with Gasteiger partial charge in [-0.1, -0.05) is 6.07 Å². The monoisotopic (exact) mass is 217 g/mol. The maximum Gasteiger partial charge on any atom is 0.121 e. The van der Waals surface area contributed by atoms with E-state index in [1.165, 1.54) is 0 Å². The summed E-state index contributed by atoms with van der Waals surface area (Å²) in [6.07, 6.45) is 2.63. The molecule has 4 nitrogen and oxygen atoms in total. The van der Waals surface area contributed by atoms with E-state index in [1.54, 1.807) is 6.20 Å². The molecule has 4 heteroatoms. The fourth-order valence-electron chi connectivity index (χ4n) is 1.52. The summed E-state index contributed by atoms with van der Waals surface area (Å²) in [6.45, 7) is 0.628. The molecule has 2 N–H and O–H groups in total. The number of nitrogen functional groups attached to an aromatic ring is 1. The first-order valence-corrected chi connectivity index (χ1v) is 5.21. The quantitative estimate of drug-likeness (QED) is 0.792. The van der Waals surface area contributed by atoms with Gasteiger partial charge in [-0.3, -0.25) is 4.68 Å². The van der Waals surface area contributed by atoms with Crippen molar-refractivity contribution in [2.75, 3.05) is 12.3 Å². The molecule has 0 amide bonds. The Bertz CT molecular complexity index is 465. The fraction of sp³-hybridized carbons (Fsp3) is 0.250. The highest BCUT2D eigenvalue weighted by Crippen LogP contribution is 2.14. The third-order valence-corrected chi connectivity index (χ3v) is 2.41. The van der Waals surface area contributed by atoms with Crippen LogP contribution in [0.3, 0.4) is 0 Å². The molecule has 0 saturated carbocycles. The minimum absolute atomic E-state index is 0.628. The highest BCUT2D eigenvalue weighted by atomic mass is 16.5. The van der Waals surface area contributed by atoms with Crippen molar-refractivity contribution in [1.29, 1.82) is 0 Å². The summed E-state index contributed by atoms with van der Waals surface area (Å²) in [4.78, 5) is 0. The van der Waals surface area contributed by atoms with Gasteiger partial charge < -0.3 is 10.5 Å². The third-order valence-electron chi connectivity index (χ3n) is 2.41. The molecule has 0 bridgehead atoms. The summed E-state index contributed by atoms with van der Waals surface area (Å²) in [5, 5.41) is 4.10. The van der Waals surface area contributed by atoms with Crippen LogP contribution in [0.5, 0.6) is 5.75 Å². The third kappa shape index (κ3) is 2.53. The molecule has 2 aromatic rings. The van der Waals surface area contributed by atoms with E-state index in [9.17, 15) is 0 Å². The largest absolute Gasteiger partial charge is 0.493 e. The number of hydrogen-bond acceptors (Lipinski definition) is 3. The van der Waals surface area contributed by atoms with Crippen LogP contribution in [0.4, 0.5) is 5.69 Å². The first-order valence-electron chi connectivity index (χ1n) is 5.21. The van der Waals surface area contributed by atoms with Crippen LogP contribution in [-0.4, -0.2) is 16.4 Å². The van der Waals surface area contributed by atoms with Crippen LogP contribution in [0.25, 0.3) is 0 Å². The van der Waals surface area contributed by atoms with E-state index in [1.807, 2.05) is 42.1 Å². The normalized spacial score (nSPS) is 10.3. The second-order valence-corrected chi connectivity index (χ2v) is 3.62. The minimum Gasteiger partial charge on any atom is -0.493 e. The van der Waals surface area contributed by atoms with E-state index in [0.717, 1.165) is 23.6 Å². The average Bonchev–Trinajstić information content (AvgIpc) is 2.65. The number of nitrogens with zero attached hydrogens (tertiary/aromatic N) is 2. The van der Waals surface area contributed by atoms with Gasteiger partial charge in [-0.25, -0.2) is 0 Å². The summed E-state index contributed by atoms with van der Waals surface area (Å²) in [7, 11) is 1.93. The van der Waals surface area contributed by atoms with E-state index in [-0.39, 0.29) is 0 Å². The van der Waals surface area contributed by atoms with E-state index in [4.69, 9.17) is 10.5 Å². The van der Waals surface area contributed by atoms with Crippen molar-refractivity contribution in [2.24, 2.45) is 7.05 Å². The Kier molecular flexibility index (Phi) is 3.10. The average molecular weight is 217 g/mol. The Balaban J connectivity index is 1.87. The SMILES string of the molecule is Cn1nccc1CCOc1cccc(N)c1. The molecular formula is C12H15N3O. The first-order chi connectivity index (χ1) is 7.75. The topological polar surface area (TPSA) is 53.1 Å². The van der Waals surface area contributed by atoms with E-state index in [0.29, 0.717) is 6.61 Å². The molecule has 0 aliphatic heterocycles. The Morgan fingerprint density at radius 2 is 2.25 bits per heavy atom. The molecule has 0 saturated heterocycles. The minimum atomic E-state index is 0.628. The predicted octanol–water partition coefficient (Wildman–Crippen LogP) is 1.62. The number of ether oxygens (including phenoxy) is 1. The molecule has 0 atom stereocenters. The molecule has 0 spiro atoms. The maximum atomic E-state index is 5.65. The van der Waals surface area contributed by atoms with Crippen molar-refractivity contribution in [3.8, 4) is 5.75 Å². The number of benzene rings is 1. The molecule has 0 fully saturated rings. The van der Waals surface area contributed by atoms with Gasteiger partial charge in [0.25, 0.3) is 0 Å². The number of nitrogens with two attached hydrogens (primary N) is 1. The van der Waals surface area contributed by atoms with Crippen LogP contribution in [0.1, 0.15) is 5.69 Å². The molecule has 1 aromatic carbocycles. The van der Waals surface area contributed by atoms with Crippen molar-refractivity contribution >= 4 is 5.69 Å². The lowest BCUT2D eigenvalue weighted by molar-refractivity contribution is 0.318. The second-order valence-electron chi connectivity index (χ2n) is 3.62. The van der Waals surface area contributed by atoms with Gasteiger partial charge in [0.05, 0.1) is 6.61 Å². The van der Waals surface area contributed by atoms with Gasteiger partial charge in [0, 0.05) is 37.1 Å². The zero-order chi connectivity index (χ0) is 11.4. The van der Waals surface area contributed by atoms with Crippen LogP contribution < -0.4 is 10.5 Å². The van der Waals surface area contributed by atoms with E-state index < -0.39 is 0 Å². The lowest BCUT2D eigenvalue weighted by atomic mass is 10.3. The molecule has 16 heavy (non-hydrogen) atoms. The summed E-state index contributed by atoms with van der Waals surface area (Å²) in [6, 6.07) is 9.44. The van der Waals surface area contributed by atoms with E-state index in [2.05, 4.69) is 5.10 Å². The standard InChI is InChI=1S/C12H15N3O/c1-15-11(5-7-14-15)6-8-16-12-4-2-3-10(13)9-12/h2-5,7,9H,6,8,13H2,1H3. The Labute approximate surface area is 94.6 Å². The highest BCUT2D eigenvalue weighted by Gasteiger charge is 1.99. The number of aromatic nitrogens is 2. The van der Waals surface area contributed by atoms with Crippen molar-refractivity contribution < 1.29 is 4.74 Å². The number of aryl methyl sites for hydroxylation is 1. The molecular weight excluding hydrogens is 202 g/mol. The zero-order valence-electron chi connectivity index (χ0n) is 9.26. The second kappa shape index (κ2) is 4.70. The van der Waals surface area contributed by atoms with Crippen molar-refractivity contribution in [3.63, 3.8) is 0 Å². The molecule has 2 rings (SSSR count). The van der Waals surface area contributed by atoms with Crippen LogP contribution in [-0.2, 0) is 13.5 Å². The zero-order valence-corrected chi connectivity index (χ0v) is 9.26. The van der Waals surface area contributed by atoms with Gasteiger partial charge in [0.15, 0.2) is 0 Å². The van der Waals surface area contributed by atoms with Crippen molar-refractivity contribution in [3.05, 3.63) is 42.2 Å². The van der Waals surface area contributed by atoms with Gasteiger partial charge in [-0.15, -0.1) is 0 Å². The molecule has 1 heterocycles. The van der Waals surface area contributed by atoms with Gasteiger partial charge in [-0.2, -0.15) is 5.10 Å². The summed E-state index contributed by atoms with van der Waals surface area (Å²) in [5.74, 6) is 0.808. The van der Waals surface area contributed by atoms with Gasteiger partial charge in [0.2, 0.25) is 0 Å². The Morgan fingerprint density at radius 3 is 2.94 bits per heavy atom.